The number of hydrogen-bond donors (Lipinski definition) is 1. The molecule has 3 heteroatoms. The summed E-state index contributed by atoms with van der Waals surface area (Å²) in [5.41, 5.74) is 0. The van der Waals surface area contributed by atoms with E-state index in [0.29, 0.717) is 12.5 Å². The summed E-state index contributed by atoms with van der Waals surface area (Å²) < 4.78 is 0. The summed E-state index contributed by atoms with van der Waals surface area (Å²) >= 11 is 1.84. The fourth-order valence-electron chi connectivity index (χ4n) is 2.76. The van der Waals surface area contributed by atoms with Crippen LogP contribution in [0.25, 0.3) is 0 Å². The first-order valence-corrected chi connectivity index (χ1v) is 6.12. The summed E-state index contributed by atoms with van der Waals surface area (Å²) in [5, 5.41) is 11.2. The van der Waals surface area contributed by atoms with Crippen molar-refractivity contribution in [1.82, 2.24) is 4.90 Å². The molecule has 0 bridgehead atoms. The van der Waals surface area contributed by atoms with Gasteiger partial charge in [0.2, 0.25) is 0 Å². The van der Waals surface area contributed by atoms with E-state index in [2.05, 4.69) is 22.4 Å². The third-order valence-electron chi connectivity index (χ3n) is 3.62. The van der Waals surface area contributed by atoms with Crippen LogP contribution in [0.4, 0.5) is 0 Å². The maximum absolute atomic E-state index is 9.04. The minimum Gasteiger partial charge on any atom is -0.396 e. The van der Waals surface area contributed by atoms with E-state index in [0.717, 1.165) is 18.4 Å². The van der Waals surface area contributed by atoms with Gasteiger partial charge in [0.15, 0.2) is 0 Å². The monoisotopic (exact) mass is 209 g/mol. The van der Waals surface area contributed by atoms with Gasteiger partial charge in [-0.25, -0.2) is 0 Å². The van der Waals surface area contributed by atoms with Gasteiger partial charge in [0.25, 0.3) is 0 Å². The third-order valence-corrected chi connectivity index (χ3v) is 4.48. The lowest BCUT2D eigenvalue weighted by atomic mass is 10.3. The van der Waals surface area contributed by atoms with Crippen LogP contribution in [-0.2, 0) is 6.54 Å². The zero-order chi connectivity index (χ0) is 9.54. The van der Waals surface area contributed by atoms with Crippen LogP contribution in [-0.4, -0.2) is 29.7 Å². The Balaban J connectivity index is 1.55. The molecule has 1 aliphatic heterocycles. The van der Waals surface area contributed by atoms with E-state index in [4.69, 9.17) is 5.11 Å². The largest absolute Gasteiger partial charge is 0.396 e. The van der Waals surface area contributed by atoms with Crippen molar-refractivity contribution in [2.24, 2.45) is 17.8 Å². The molecule has 2 nitrogen and oxygen atoms in total. The Bertz CT molecular complexity index is 299. The minimum absolute atomic E-state index is 0.405. The van der Waals surface area contributed by atoms with Crippen LogP contribution < -0.4 is 0 Å². The number of aliphatic hydroxyl groups is 1. The molecule has 76 valence electrons. The Morgan fingerprint density at radius 2 is 2.21 bits per heavy atom. The second kappa shape index (κ2) is 3.33. The van der Waals surface area contributed by atoms with Gasteiger partial charge in [0.05, 0.1) is 0 Å². The second-order valence-corrected chi connectivity index (χ2v) is 5.48. The molecular formula is C11H15NOS. The van der Waals surface area contributed by atoms with Crippen molar-refractivity contribution >= 4 is 11.3 Å². The van der Waals surface area contributed by atoms with Gasteiger partial charge in [0.1, 0.15) is 0 Å². The van der Waals surface area contributed by atoms with E-state index in [1.807, 2.05) is 11.3 Å². The summed E-state index contributed by atoms with van der Waals surface area (Å²) in [4.78, 5) is 3.99. The lowest BCUT2D eigenvalue weighted by Gasteiger charge is -2.17. The van der Waals surface area contributed by atoms with Crippen molar-refractivity contribution in [2.75, 3.05) is 19.7 Å². The molecule has 3 rings (SSSR count). The second-order valence-electron chi connectivity index (χ2n) is 4.45. The number of thiophene rings is 1. The molecule has 2 fully saturated rings. The third kappa shape index (κ3) is 1.40. The van der Waals surface area contributed by atoms with Gasteiger partial charge in [-0.1, -0.05) is 6.07 Å². The van der Waals surface area contributed by atoms with E-state index >= 15 is 0 Å². The lowest BCUT2D eigenvalue weighted by molar-refractivity contribution is 0.218. The molecule has 0 spiro atoms. The zero-order valence-corrected chi connectivity index (χ0v) is 8.91. The Morgan fingerprint density at radius 3 is 2.79 bits per heavy atom. The molecular weight excluding hydrogens is 194 g/mol. The standard InChI is InChI=1S/C11H15NOS/c13-7-11-9-5-12(6-10(9)11)4-8-2-1-3-14-8/h1-3,9-11,13H,4-7H2. The molecule has 0 amide bonds. The number of piperidine rings is 1. The Hall–Kier alpha value is -0.380. The van der Waals surface area contributed by atoms with E-state index in [1.54, 1.807) is 0 Å². The SMILES string of the molecule is OCC1C2CN(Cc3cccs3)CC12. The van der Waals surface area contributed by atoms with Crippen LogP contribution in [0.1, 0.15) is 4.88 Å². The molecule has 2 unspecified atom stereocenters. The van der Waals surface area contributed by atoms with Crippen molar-refractivity contribution in [3.05, 3.63) is 22.4 Å². The summed E-state index contributed by atoms with van der Waals surface area (Å²) in [7, 11) is 0. The van der Waals surface area contributed by atoms with Crippen molar-refractivity contribution in [2.45, 2.75) is 6.54 Å². The zero-order valence-electron chi connectivity index (χ0n) is 8.10. The summed E-state index contributed by atoms with van der Waals surface area (Å²) in [6.07, 6.45) is 0. The number of hydrogen-bond acceptors (Lipinski definition) is 3. The van der Waals surface area contributed by atoms with E-state index in [1.165, 1.54) is 18.0 Å². The normalized spacial score (nSPS) is 35.9. The average Bonchev–Trinajstić information content (AvgIpc) is 2.63. The molecule has 2 atom stereocenters. The molecule has 1 aliphatic carbocycles. The molecule has 1 saturated heterocycles. The van der Waals surface area contributed by atoms with Crippen LogP contribution in [0.15, 0.2) is 17.5 Å². The van der Waals surface area contributed by atoms with E-state index < -0.39 is 0 Å². The molecule has 1 aromatic rings. The smallest absolute Gasteiger partial charge is 0.0465 e. The van der Waals surface area contributed by atoms with Gasteiger partial charge in [-0.05, 0) is 29.2 Å². The number of aliphatic hydroxyl groups excluding tert-OH is 1. The molecule has 1 aromatic heterocycles. The Labute approximate surface area is 88.2 Å². The molecule has 0 aromatic carbocycles. The molecule has 2 aliphatic rings. The van der Waals surface area contributed by atoms with Gasteiger partial charge in [0, 0.05) is 31.1 Å². The summed E-state index contributed by atoms with van der Waals surface area (Å²) in [6, 6.07) is 4.32. The quantitative estimate of drug-likeness (QED) is 0.814. The highest BCUT2D eigenvalue weighted by Crippen LogP contribution is 2.51. The van der Waals surface area contributed by atoms with E-state index in [9.17, 15) is 0 Å². The topological polar surface area (TPSA) is 23.5 Å². The van der Waals surface area contributed by atoms with Crippen LogP contribution in [0.3, 0.4) is 0 Å². The predicted octanol–water partition coefficient (Wildman–Crippen LogP) is 1.42. The molecule has 0 radical (unpaired) electrons. The first-order valence-electron chi connectivity index (χ1n) is 5.24. The fourth-order valence-corrected chi connectivity index (χ4v) is 3.51. The molecule has 1 saturated carbocycles. The number of nitrogens with zero attached hydrogens (tertiary/aromatic N) is 1. The van der Waals surface area contributed by atoms with Crippen molar-refractivity contribution in [3.63, 3.8) is 0 Å². The first kappa shape index (κ1) is 8.89. The highest BCUT2D eigenvalue weighted by atomic mass is 32.1. The summed E-state index contributed by atoms with van der Waals surface area (Å²) in [5.74, 6) is 2.24. The fraction of sp³-hybridized carbons (Fsp3) is 0.636. The number of rotatable bonds is 3. The summed E-state index contributed by atoms with van der Waals surface area (Å²) in [6.45, 7) is 3.92. The molecule has 2 heterocycles. The van der Waals surface area contributed by atoms with Crippen LogP contribution in [0, 0.1) is 17.8 Å². The van der Waals surface area contributed by atoms with Crippen molar-refractivity contribution < 1.29 is 5.11 Å². The Morgan fingerprint density at radius 1 is 1.43 bits per heavy atom. The highest BCUT2D eigenvalue weighted by molar-refractivity contribution is 7.09. The highest BCUT2D eigenvalue weighted by Gasteiger charge is 2.54. The number of fused-ring (bicyclic) bond motifs is 1. The maximum Gasteiger partial charge on any atom is 0.0465 e. The molecule has 14 heavy (non-hydrogen) atoms. The minimum atomic E-state index is 0.405. The van der Waals surface area contributed by atoms with Crippen molar-refractivity contribution in [3.8, 4) is 0 Å². The first-order chi connectivity index (χ1) is 6.88. The van der Waals surface area contributed by atoms with Gasteiger partial charge >= 0.3 is 0 Å². The maximum atomic E-state index is 9.04. The van der Waals surface area contributed by atoms with Crippen LogP contribution >= 0.6 is 11.3 Å². The van der Waals surface area contributed by atoms with Crippen LogP contribution in [0.2, 0.25) is 0 Å². The lowest BCUT2D eigenvalue weighted by Crippen LogP contribution is -2.24. The Kier molecular flexibility index (Phi) is 2.11. The number of likely N-dealkylation sites (tertiary alicyclic amines) is 1. The van der Waals surface area contributed by atoms with Crippen molar-refractivity contribution in [1.29, 1.82) is 0 Å². The van der Waals surface area contributed by atoms with Crippen LogP contribution in [0.5, 0.6) is 0 Å². The van der Waals surface area contributed by atoms with Gasteiger partial charge in [-0.2, -0.15) is 0 Å². The van der Waals surface area contributed by atoms with Gasteiger partial charge in [-0.3, -0.25) is 4.90 Å². The van der Waals surface area contributed by atoms with Gasteiger partial charge < -0.3 is 5.11 Å². The predicted molar refractivity (Wildman–Crippen MR) is 57.2 cm³/mol. The van der Waals surface area contributed by atoms with Gasteiger partial charge in [-0.15, -0.1) is 11.3 Å². The molecule has 1 N–H and O–H groups in total. The average molecular weight is 209 g/mol. The van der Waals surface area contributed by atoms with E-state index in [-0.39, 0.29) is 0 Å².